The molecule has 1 aromatic rings. The van der Waals surface area contributed by atoms with Crippen LogP contribution < -0.4 is 5.73 Å². The molecule has 0 aromatic heterocycles. The first kappa shape index (κ1) is 12.5. The molecule has 0 unspecified atom stereocenters. The third-order valence-electron chi connectivity index (χ3n) is 1.81. The van der Waals surface area contributed by atoms with Gasteiger partial charge in [0, 0.05) is 11.3 Å². The summed E-state index contributed by atoms with van der Waals surface area (Å²) in [5.41, 5.74) is 9.71. The van der Waals surface area contributed by atoms with Gasteiger partial charge in [-0.2, -0.15) is 0 Å². The van der Waals surface area contributed by atoms with Gasteiger partial charge in [-0.25, -0.2) is 0 Å². The Balaban J connectivity index is 0.000000791. The highest BCUT2D eigenvalue weighted by Gasteiger charge is 2.00. The highest BCUT2D eigenvalue weighted by atomic mass is 14.6. The first-order valence-corrected chi connectivity index (χ1v) is 4.84. The number of rotatable bonds is 2. The molecule has 1 nitrogen and oxygen atoms in total. The van der Waals surface area contributed by atoms with E-state index in [9.17, 15) is 0 Å². The molecule has 1 rings (SSSR count). The lowest BCUT2D eigenvalue weighted by Gasteiger charge is -2.06. The van der Waals surface area contributed by atoms with Crippen LogP contribution in [0.4, 0.5) is 5.69 Å². The monoisotopic (exact) mass is 189 g/mol. The molecule has 2 N–H and O–H groups in total. The van der Waals surface area contributed by atoms with E-state index < -0.39 is 0 Å². The standard InChI is InChI=1S/C11H13N.C2H6/c1-4-9-6-8(3)7-11(12)10(9)5-2;1-2/h4-7H,1-2,12H2,3H3;1-2H3. The van der Waals surface area contributed by atoms with E-state index in [-0.39, 0.29) is 0 Å². The van der Waals surface area contributed by atoms with Crippen molar-refractivity contribution in [2.45, 2.75) is 20.8 Å². The maximum absolute atomic E-state index is 5.79. The summed E-state index contributed by atoms with van der Waals surface area (Å²) in [5, 5.41) is 0. The van der Waals surface area contributed by atoms with Gasteiger partial charge in [-0.1, -0.05) is 45.2 Å². The lowest BCUT2D eigenvalue weighted by Crippen LogP contribution is -1.93. The zero-order valence-electron chi connectivity index (χ0n) is 9.30. The maximum Gasteiger partial charge on any atom is 0.0396 e. The van der Waals surface area contributed by atoms with Gasteiger partial charge in [-0.15, -0.1) is 0 Å². The van der Waals surface area contributed by atoms with Gasteiger partial charge in [0.1, 0.15) is 0 Å². The van der Waals surface area contributed by atoms with E-state index in [1.54, 1.807) is 12.2 Å². The molecule has 1 aromatic carbocycles. The highest BCUT2D eigenvalue weighted by Crippen LogP contribution is 2.21. The van der Waals surface area contributed by atoms with Crippen molar-refractivity contribution < 1.29 is 0 Å². The SMILES string of the molecule is C=Cc1cc(C)cc(N)c1C=C.CC. The summed E-state index contributed by atoms with van der Waals surface area (Å²) in [6.45, 7) is 13.4. The molecule has 0 heterocycles. The minimum atomic E-state index is 0.764. The molecule has 0 aliphatic carbocycles. The van der Waals surface area contributed by atoms with Gasteiger partial charge in [0.05, 0.1) is 0 Å². The Bertz CT molecular complexity index is 324. The molecule has 14 heavy (non-hydrogen) atoms. The quantitative estimate of drug-likeness (QED) is 0.702. The first-order chi connectivity index (χ1) is 6.69. The molecular formula is C13H19N. The molecule has 0 aliphatic rings. The fourth-order valence-electron chi connectivity index (χ4n) is 1.26. The van der Waals surface area contributed by atoms with E-state index in [1.165, 1.54) is 0 Å². The van der Waals surface area contributed by atoms with Gasteiger partial charge in [-0.05, 0) is 24.1 Å². The Kier molecular flexibility index (Phi) is 5.38. The molecular weight excluding hydrogens is 170 g/mol. The molecule has 0 aliphatic heterocycles. The Morgan fingerprint density at radius 1 is 1.14 bits per heavy atom. The molecule has 0 atom stereocenters. The molecule has 0 bridgehead atoms. The summed E-state index contributed by atoms with van der Waals surface area (Å²) in [6.07, 6.45) is 3.55. The van der Waals surface area contributed by atoms with Crippen LogP contribution in [0.1, 0.15) is 30.5 Å². The van der Waals surface area contributed by atoms with Crippen molar-refractivity contribution in [2.24, 2.45) is 0 Å². The van der Waals surface area contributed by atoms with Gasteiger partial charge >= 0.3 is 0 Å². The fourth-order valence-corrected chi connectivity index (χ4v) is 1.26. The predicted octanol–water partition coefficient (Wildman–Crippen LogP) is 3.89. The second-order valence-electron chi connectivity index (χ2n) is 2.77. The van der Waals surface area contributed by atoms with Crippen LogP contribution in [0.15, 0.2) is 25.3 Å². The van der Waals surface area contributed by atoms with Gasteiger partial charge in [0.2, 0.25) is 0 Å². The molecule has 0 saturated heterocycles. The summed E-state index contributed by atoms with van der Waals surface area (Å²) in [7, 11) is 0. The van der Waals surface area contributed by atoms with Crippen LogP contribution >= 0.6 is 0 Å². The van der Waals surface area contributed by atoms with Crippen LogP contribution in [0.25, 0.3) is 12.2 Å². The zero-order valence-corrected chi connectivity index (χ0v) is 9.30. The largest absolute Gasteiger partial charge is 0.398 e. The average molecular weight is 189 g/mol. The maximum atomic E-state index is 5.79. The van der Waals surface area contributed by atoms with Crippen LogP contribution in [0.5, 0.6) is 0 Å². The van der Waals surface area contributed by atoms with E-state index in [4.69, 9.17) is 5.73 Å². The third-order valence-corrected chi connectivity index (χ3v) is 1.81. The lowest BCUT2D eigenvalue weighted by atomic mass is 10.0. The second kappa shape index (κ2) is 6.03. The van der Waals surface area contributed by atoms with Crippen LogP contribution in [-0.2, 0) is 0 Å². The molecule has 1 heteroatoms. The summed E-state index contributed by atoms with van der Waals surface area (Å²) in [5.74, 6) is 0. The molecule has 0 radical (unpaired) electrons. The molecule has 0 fully saturated rings. The van der Waals surface area contributed by atoms with E-state index in [2.05, 4.69) is 13.2 Å². The Morgan fingerprint density at radius 3 is 2.14 bits per heavy atom. The van der Waals surface area contributed by atoms with Crippen molar-refractivity contribution in [1.29, 1.82) is 0 Å². The number of nitrogens with two attached hydrogens (primary N) is 1. The number of anilines is 1. The third kappa shape index (κ3) is 2.77. The van der Waals surface area contributed by atoms with E-state index in [1.807, 2.05) is 32.9 Å². The highest BCUT2D eigenvalue weighted by molar-refractivity contribution is 5.74. The van der Waals surface area contributed by atoms with Crippen molar-refractivity contribution >= 4 is 17.8 Å². The zero-order chi connectivity index (χ0) is 11.1. The summed E-state index contributed by atoms with van der Waals surface area (Å²) < 4.78 is 0. The smallest absolute Gasteiger partial charge is 0.0396 e. The van der Waals surface area contributed by atoms with Gasteiger partial charge < -0.3 is 5.73 Å². The molecule has 76 valence electrons. The number of benzene rings is 1. The number of aryl methyl sites for hydroxylation is 1. The van der Waals surface area contributed by atoms with Gasteiger partial charge in [0.25, 0.3) is 0 Å². The van der Waals surface area contributed by atoms with Crippen molar-refractivity contribution in [3.8, 4) is 0 Å². The van der Waals surface area contributed by atoms with Crippen LogP contribution in [0.2, 0.25) is 0 Å². The minimum Gasteiger partial charge on any atom is -0.398 e. The predicted molar refractivity (Wildman–Crippen MR) is 67.1 cm³/mol. The molecule has 0 amide bonds. The fraction of sp³-hybridized carbons (Fsp3) is 0.231. The number of hydrogen-bond donors (Lipinski definition) is 1. The topological polar surface area (TPSA) is 26.0 Å². The summed E-state index contributed by atoms with van der Waals surface area (Å²) >= 11 is 0. The molecule has 0 spiro atoms. The normalized spacial score (nSPS) is 8.50. The van der Waals surface area contributed by atoms with E-state index in [0.717, 1.165) is 22.4 Å². The van der Waals surface area contributed by atoms with Crippen molar-refractivity contribution in [1.82, 2.24) is 0 Å². The Labute approximate surface area is 87.0 Å². The van der Waals surface area contributed by atoms with Crippen molar-refractivity contribution in [3.05, 3.63) is 42.0 Å². The minimum absolute atomic E-state index is 0.764. The number of nitrogen functional groups attached to an aromatic ring is 1. The Morgan fingerprint density at radius 2 is 1.71 bits per heavy atom. The van der Waals surface area contributed by atoms with Crippen molar-refractivity contribution in [3.63, 3.8) is 0 Å². The Hall–Kier alpha value is -1.50. The van der Waals surface area contributed by atoms with Crippen molar-refractivity contribution in [2.75, 3.05) is 5.73 Å². The van der Waals surface area contributed by atoms with Gasteiger partial charge in [0.15, 0.2) is 0 Å². The molecule has 0 saturated carbocycles. The number of hydrogen-bond acceptors (Lipinski definition) is 1. The van der Waals surface area contributed by atoms with Crippen LogP contribution in [0, 0.1) is 6.92 Å². The average Bonchev–Trinajstić information content (AvgIpc) is 2.19. The van der Waals surface area contributed by atoms with E-state index >= 15 is 0 Å². The summed E-state index contributed by atoms with van der Waals surface area (Å²) in [4.78, 5) is 0. The second-order valence-corrected chi connectivity index (χ2v) is 2.77. The van der Waals surface area contributed by atoms with E-state index in [0.29, 0.717) is 0 Å². The van der Waals surface area contributed by atoms with Crippen LogP contribution in [0.3, 0.4) is 0 Å². The van der Waals surface area contributed by atoms with Gasteiger partial charge in [-0.3, -0.25) is 0 Å². The summed E-state index contributed by atoms with van der Waals surface area (Å²) in [6, 6.07) is 3.98. The first-order valence-electron chi connectivity index (χ1n) is 4.84. The van der Waals surface area contributed by atoms with Crippen LogP contribution in [-0.4, -0.2) is 0 Å². The lowest BCUT2D eigenvalue weighted by molar-refractivity contribution is 1.45.